The van der Waals surface area contributed by atoms with Crippen molar-refractivity contribution in [3.05, 3.63) is 23.8 Å². The van der Waals surface area contributed by atoms with Crippen molar-refractivity contribution in [3.63, 3.8) is 0 Å². The normalized spacial score (nSPS) is 31.2. The third kappa shape index (κ3) is 7.55. The van der Waals surface area contributed by atoms with E-state index in [1.54, 1.807) is 6.08 Å². The lowest BCUT2D eigenvalue weighted by atomic mass is 9.89. The summed E-state index contributed by atoms with van der Waals surface area (Å²) < 4.78 is 17.0. The van der Waals surface area contributed by atoms with Crippen molar-refractivity contribution in [1.82, 2.24) is 0 Å². The number of carbonyl (C=O) groups excluding carboxylic acids is 2. The van der Waals surface area contributed by atoms with Crippen molar-refractivity contribution in [3.8, 4) is 11.8 Å². The first kappa shape index (κ1) is 25.7. The minimum absolute atomic E-state index is 0.0826. The van der Waals surface area contributed by atoms with Gasteiger partial charge in [0.1, 0.15) is 0 Å². The van der Waals surface area contributed by atoms with Crippen molar-refractivity contribution in [2.75, 3.05) is 13.7 Å². The summed E-state index contributed by atoms with van der Waals surface area (Å²) in [6.07, 6.45) is 15.4. The Bertz CT molecular complexity index is 780. The van der Waals surface area contributed by atoms with Crippen LogP contribution in [0, 0.1) is 35.5 Å². The molecule has 3 fully saturated rings. The molecule has 182 valence electrons. The van der Waals surface area contributed by atoms with E-state index in [0.717, 1.165) is 58.0 Å². The van der Waals surface area contributed by atoms with Crippen LogP contribution in [0.4, 0.5) is 0 Å². The quantitative estimate of drug-likeness (QED) is 0.145. The summed E-state index contributed by atoms with van der Waals surface area (Å²) in [5, 5.41) is 0. The van der Waals surface area contributed by atoms with Crippen molar-refractivity contribution >= 4 is 11.8 Å². The molecule has 1 saturated heterocycles. The summed E-state index contributed by atoms with van der Waals surface area (Å²) >= 11 is 0. The Morgan fingerprint density at radius 1 is 1.27 bits per heavy atom. The highest BCUT2D eigenvalue weighted by molar-refractivity contribution is 5.91. The maximum absolute atomic E-state index is 12.6. The molecule has 0 aromatic carbocycles. The Kier molecular flexibility index (Phi) is 10.2. The first-order chi connectivity index (χ1) is 16.0. The highest BCUT2D eigenvalue weighted by atomic mass is 16.7. The third-order valence-corrected chi connectivity index (χ3v) is 7.35. The van der Waals surface area contributed by atoms with Crippen LogP contribution >= 0.6 is 0 Å². The van der Waals surface area contributed by atoms with E-state index in [-0.39, 0.29) is 36.0 Å². The fraction of sp³-hybridized carbons (Fsp3) is 0.714. The molecule has 33 heavy (non-hydrogen) atoms. The summed E-state index contributed by atoms with van der Waals surface area (Å²) in [7, 11) is 1.44. The Morgan fingerprint density at radius 2 is 2.12 bits per heavy atom. The number of fused-ring (bicyclic) bond motifs is 1. The summed E-state index contributed by atoms with van der Waals surface area (Å²) in [4.78, 5) is 24.0. The van der Waals surface area contributed by atoms with Crippen LogP contribution in [-0.2, 0) is 23.8 Å². The van der Waals surface area contributed by atoms with Crippen molar-refractivity contribution in [2.45, 2.75) is 90.4 Å². The van der Waals surface area contributed by atoms with Crippen molar-refractivity contribution in [1.29, 1.82) is 0 Å². The van der Waals surface area contributed by atoms with Crippen LogP contribution in [0.1, 0.15) is 78.1 Å². The summed E-state index contributed by atoms with van der Waals surface area (Å²) in [6, 6.07) is 0. The predicted molar refractivity (Wildman–Crippen MR) is 128 cm³/mol. The van der Waals surface area contributed by atoms with Crippen LogP contribution in [0.2, 0.25) is 0 Å². The second-order valence-corrected chi connectivity index (χ2v) is 9.74. The molecule has 0 N–H and O–H groups in total. The Morgan fingerprint density at radius 3 is 2.85 bits per heavy atom. The number of carbonyl (C=O) groups is 2. The van der Waals surface area contributed by atoms with E-state index >= 15 is 0 Å². The average molecular weight is 457 g/mol. The van der Waals surface area contributed by atoms with E-state index < -0.39 is 0 Å². The highest BCUT2D eigenvalue weighted by Gasteiger charge is 2.47. The van der Waals surface area contributed by atoms with E-state index in [4.69, 9.17) is 14.2 Å². The molecule has 0 radical (unpaired) electrons. The fourth-order valence-corrected chi connectivity index (χ4v) is 5.45. The first-order valence-electron chi connectivity index (χ1n) is 12.6. The number of allylic oxidation sites excluding steroid dienone is 3. The molecule has 5 nitrogen and oxygen atoms in total. The minimum Gasteiger partial charge on any atom is -0.469 e. The van der Waals surface area contributed by atoms with E-state index in [9.17, 15) is 9.59 Å². The second kappa shape index (κ2) is 13.1. The Labute approximate surface area is 199 Å². The second-order valence-electron chi connectivity index (χ2n) is 9.74. The van der Waals surface area contributed by atoms with Gasteiger partial charge in [-0.3, -0.25) is 9.59 Å². The topological polar surface area (TPSA) is 61.8 Å². The van der Waals surface area contributed by atoms with Gasteiger partial charge in [0.25, 0.3) is 0 Å². The molecule has 3 aliphatic rings. The molecule has 0 amide bonds. The van der Waals surface area contributed by atoms with Crippen LogP contribution in [0.15, 0.2) is 23.8 Å². The van der Waals surface area contributed by atoms with Gasteiger partial charge in [-0.15, -0.1) is 11.8 Å². The predicted octanol–water partition coefficient (Wildman–Crippen LogP) is 5.39. The zero-order valence-electron chi connectivity index (χ0n) is 20.5. The number of ketones is 1. The molecule has 3 rings (SSSR count). The number of esters is 1. The third-order valence-electron chi connectivity index (χ3n) is 7.35. The Balaban J connectivity index is 1.63. The van der Waals surface area contributed by atoms with Crippen molar-refractivity contribution in [2.24, 2.45) is 23.7 Å². The molecule has 6 atom stereocenters. The highest BCUT2D eigenvalue weighted by Crippen LogP contribution is 2.52. The SMILES string of the molecule is CC#CC[C@H](C)C(=O)/C=C/[C@H]1[C@H](OC2CCCCO2)CC2C/C(=C\CCCC(=O)OC)C[C@@H]21. The van der Waals surface area contributed by atoms with Crippen LogP contribution in [0.25, 0.3) is 0 Å². The van der Waals surface area contributed by atoms with Gasteiger partial charge in [-0.1, -0.05) is 24.6 Å². The van der Waals surface area contributed by atoms with Crippen molar-refractivity contribution < 1.29 is 23.8 Å². The number of hydrogen-bond acceptors (Lipinski definition) is 5. The molecule has 1 heterocycles. The fourth-order valence-electron chi connectivity index (χ4n) is 5.45. The van der Waals surface area contributed by atoms with Gasteiger partial charge in [0.05, 0.1) is 13.2 Å². The van der Waals surface area contributed by atoms with Crippen LogP contribution in [-0.4, -0.2) is 37.9 Å². The largest absolute Gasteiger partial charge is 0.469 e. The summed E-state index contributed by atoms with van der Waals surface area (Å²) in [6.45, 7) is 4.53. The molecular formula is C28H40O5. The Hall–Kier alpha value is -1.90. The molecule has 5 heteroatoms. The van der Waals surface area contributed by atoms with Crippen LogP contribution in [0.3, 0.4) is 0 Å². The zero-order chi connectivity index (χ0) is 23.6. The van der Waals surface area contributed by atoms with E-state index in [1.165, 1.54) is 12.7 Å². The van der Waals surface area contributed by atoms with Gasteiger partial charge in [-0.2, -0.15) is 0 Å². The van der Waals surface area contributed by atoms with Gasteiger partial charge in [0.15, 0.2) is 12.1 Å². The molecule has 2 saturated carbocycles. The lowest BCUT2D eigenvalue weighted by Crippen LogP contribution is -2.30. The number of hydrogen-bond donors (Lipinski definition) is 0. The van der Waals surface area contributed by atoms with Gasteiger partial charge in [-0.05, 0) is 76.2 Å². The smallest absolute Gasteiger partial charge is 0.305 e. The maximum Gasteiger partial charge on any atom is 0.305 e. The molecule has 0 aromatic rings. The number of rotatable bonds is 10. The lowest BCUT2D eigenvalue weighted by molar-refractivity contribution is -0.193. The minimum atomic E-state index is -0.143. The molecule has 2 unspecified atom stereocenters. The maximum atomic E-state index is 12.6. The number of methoxy groups -OCH3 is 1. The van der Waals surface area contributed by atoms with E-state index in [0.29, 0.717) is 24.7 Å². The van der Waals surface area contributed by atoms with Crippen LogP contribution < -0.4 is 0 Å². The molecule has 0 spiro atoms. The molecule has 2 aliphatic carbocycles. The zero-order valence-corrected chi connectivity index (χ0v) is 20.5. The number of ether oxygens (including phenoxy) is 3. The molecule has 0 bridgehead atoms. The van der Waals surface area contributed by atoms with Gasteiger partial charge in [-0.25, -0.2) is 0 Å². The lowest BCUT2D eigenvalue weighted by Gasteiger charge is -2.29. The van der Waals surface area contributed by atoms with Gasteiger partial charge < -0.3 is 14.2 Å². The first-order valence-corrected chi connectivity index (χ1v) is 12.6. The van der Waals surface area contributed by atoms with Gasteiger partial charge >= 0.3 is 5.97 Å². The number of unbranched alkanes of at least 4 members (excludes halogenated alkanes) is 1. The van der Waals surface area contributed by atoms with Gasteiger partial charge in [0.2, 0.25) is 0 Å². The summed E-state index contributed by atoms with van der Waals surface area (Å²) in [5.74, 6) is 7.12. The van der Waals surface area contributed by atoms with E-state index in [1.807, 2.05) is 13.8 Å². The molecular weight excluding hydrogens is 416 g/mol. The average Bonchev–Trinajstić information content (AvgIpc) is 3.36. The van der Waals surface area contributed by atoms with Crippen LogP contribution in [0.5, 0.6) is 0 Å². The molecule has 1 aliphatic heterocycles. The van der Waals surface area contributed by atoms with Gasteiger partial charge in [0, 0.05) is 31.3 Å². The van der Waals surface area contributed by atoms with E-state index in [2.05, 4.69) is 24.0 Å². The molecule has 0 aromatic heterocycles. The monoisotopic (exact) mass is 456 g/mol. The standard InChI is InChI=1S/C28H40O5/c1-4-5-10-20(2)25(29)15-14-23-24-18-21(11-6-7-12-27(30)31-3)17-22(24)19-26(23)33-28-13-8-9-16-32-28/h11,14-15,20,22-24,26,28H,6-10,12-13,16-19H2,1-3H3/b15-14+,21-11+/t20-,22?,23+,24-,26+,28?/m0/s1. The summed E-state index contributed by atoms with van der Waals surface area (Å²) in [5.41, 5.74) is 1.48.